The minimum absolute atomic E-state index is 0.101. The van der Waals surface area contributed by atoms with Crippen LogP contribution in [-0.4, -0.2) is 34.8 Å². The molecule has 0 spiro atoms. The summed E-state index contributed by atoms with van der Waals surface area (Å²) in [6.07, 6.45) is 0.898. The largest absolute Gasteiger partial charge is 0.467 e. The second-order valence-electron chi connectivity index (χ2n) is 5.25. The SMILES string of the molecule is COc1ncc(Cl)c(N2C[C@@H](O)C[C@@H]2c2cc(F)ccc2F)n1. The molecule has 1 aliphatic heterocycles. The first-order chi connectivity index (χ1) is 11.0. The molecule has 1 aromatic carbocycles. The molecule has 3 rings (SSSR count). The Balaban J connectivity index is 2.05. The van der Waals surface area contributed by atoms with Crippen LogP contribution in [0.1, 0.15) is 18.0 Å². The van der Waals surface area contributed by atoms with Crippen molar-refractivity contribution in [2.75, 3.05) is 18.6 Å². The summed E-state index contributed by atoms with van der Waals surface area (Å²) in [5.41, 5.74) is 0.148. The Labute approximate surface area is 136 Å². The molecule has 23 heavy (non-hydrogen) atoms. The van der Waals surface area contributed by atoms with Crippen molar-refractivity contribution in [2.45, 2.75) is 18.6 Å². The van der Waals surface area contributed by atoms with Crippen LogP contribution in [0.2, 0.25) is 5.02 Å². The molecule has 122 valence electrons. The van der Waals surface area contributed by atoms with Gasteiger partial charge in [0.25, 0.3) is 0 Å². The molecular weight excluding hydrogens is 328 g/mol. The number of halogens is 3. The number of rotatable bonds is 3. The van der Waals surface area contributed by atoms with Crippen molar-refractivity contribution in [3.63, 3.8) is 0 Å². The summed E-state index contributed by atoms with van der Waals surface area (Å²) >= 11 is 6.13. The van der Waals surface area contributed by atoms with Gasteiger partial charge in [0.2, 0.25) is 0 Å². The highest BCUT2D eigenvalue weighted by Gasteiger charge is 2.36. The lowest BCUT2D eigenvalue weighted by molar-refractivity contribution is 0.194. The first-order valence-electron chi connectivity index (χ1n) is 6.95. The third-order valence-corrected chi connectivity index (χ3v) is 4.02. The molecule has 8 heteroatoms. The van der Waals surface area contributed by atoms with Gasteiger partial charge in [-0.1, -0.05) is 11.6 Å². The van der Waals surface area contributed by atoms with E-state index in [4.69, 9.17) is 16.3 Å². The average Bonchev–Trinajstić information content (AvgIpc) is 2.91. The maximum Gasteiger partial charge on any atom is 0.318 e. The van der Waals surface area contributed by atoms with Gasteiger partial charge in [0.05, 0.1) is 25.5 Å². The Morgan fingerprint density at radius 1 is 1.39 bits per heavy atom. The Hall–Kier alpha value is -1.99. The summed E-state index contributed by atoms with van der Waals surface area (Å²) < 4.78 is 32.6. The predicted molar refractivity (Wildman–Crippen MR) is 80.7 cm³/mol. The quantitative estimate of drug-likeness (QED) is 0.930. The van der Waals surface area contributed by atoms with Gasteiger partial charge in [0, 0.05) is 12.1 Å². The summed E-state index contributed by atoms with van der Waals surface area (Å²) in [7, 11) is 1.41. The number of hydrogen-bond acceptors (Lipinski definition) is 5. The smallest absolute Gasteiger partial charge is 0.318 e. The monoisotopic (exact) mass is 341 g/mol. The van der Waals surface area contributed by atoms with E-state index in [1.807, 2.05) is 0 Å². The Kier molecular flexibility index (Phi) is 4.32. The molecule has 0 bridgehead atoms. The molecule has 2 atom stereocenters. The van der Waals surface area contributed by atoms with E-state index >= 15 is 0 Å². The lowest BCUT2D eigenvalue weighted by atomic mass is 10.0. The molecule has 0 unspecified atom stereocenters. The van der Waals surface area contributed by atoms with Gasteiger partial charge in [-0.3, -0.25) is 0 Å². The van der Waals surface area contributed by atoms with Gasteiger partial charge in [-0.15, -0.1) is 0 Å². The number of ether oxygens (including phenoxy) is 1. The van der Waals surface area contributed by atoms with E-state index in [2.05, 4.69) is 9.97 Å². The Morgan fingerprint density at radius 3 is 2.91 bits per heavy atom. The third kappa shape index (κ3) is 3.07. The molecule has 2 heterocycles. The normalized spacial score (nSPS) is 20.8. The molecule has 1 N–H and O–H groups in total. The van der Waals surface area contributed by atoms with Crippen LogP contribution in [-0.2, 0) is 0 Å². The number of aliphatic hydroxyl groups is 1. The Morgan fingerprint density at radius 2 is 2.17 bits per heavy atom. The van der Waals surface area contributed by atoms with Crippen LogP contribution in [0.4, 0.5) is 14.6 Å². The van der Waals surface area contributed by atoms with Crippen molar-refractivity contribution in [3.05, 3.63) is 46.6 Å². The number of anilines is 1. The fourth-order valence-electron chi connectivity index (χ4n) is 2.75. The highest BCUT2D eigenvalue weighted by molar-refractivity contribution is 6.32. The molecule has 0 saturated carbocycles. The van der Waals surface area contributed by atoms with Crippen molar-refractivity contribution in [3.8, 4) is 6.01 Å². The zero-order valence-corrected chi connectivity index (χ0v) is 13.0. The van der Waals surface area contributed by atoms with Crippen molar-refractivity contribution >= 4 is 17.4 Å². The van der Waals surface area contributed by atoms with E-state index in [0.29, 0.717) is 5.82 Å². The van der Waals surface area contributed by atoms with E-state index in [-0.39, 0.29) is 29.6 Å². The van der Waals surface area contributed by atoms with Crippen LogP contribution in [0.25, 0.3) is 0 Å². The highest BCUT2D eigenvalue weighted by Crippen LogP contribution is 2.39. The van der Waals surface area contributed by atoms with E-state index in [1.165, 1.54) is 13.3 Å². The lowest BCUT2D eigenvalue weighted by Crippen LogP contribution is -2.26. The molecule has 1 aromatic heterocycles. The van der Waals surface area contributed by atoms with Crippen LogP contribution < -0.4 is 9.64 Å². The lowest BCUT2D eigenvalue weighted by Gasteiger charge is -2.26. The molecule has 0 amide bonds. The van der Waals surface area contributed by atoms with Crippen molar-refractivity contribution in [1.82, 2.24) is 9.97 Å². The number of benzene rings is 1. The van der Waals surface area contributed by atoms with Crippen molar-refractivity contribution < 1.29 is 18.6 Å². The van der Waals surface area contributed by atoms with Gasteiger partial charge in [0.15, 0.2) is 5.82 Å². The molecule has 2 aromatic rings. The summed E-state index contributed by atoms with van der Waals surface area (Å²) in [5, 5.41) is 10.2. The van der Waals surface area contributed by atoms with E-state index in [1.54, 1.807) is 4.90 Å². The standard InChI is InChI=1S/C15H14ClF2N3O2/c1-23-15-19-6-11(16)14(20-15)21-7-9(22)5-13(21)10-4-8(17)2-3-12(10)18/h2-4,6,9,13,22H,5,7H2,1H3/t9-,13+/m0/s1. The zero-order valence-electron chi connectivity index (χ0n) is 12.2. The highest BCUT2D eigenvalue weighted by atomic mass is 35.5. The maximum atomic E-state index is 14.1. The molecule has 1 aliphatic rings. The number of nitrogens with zero attached hydrogens (tertiary/aromatic N) is 3. The van der Waals surface area contributed by atoms with Gasteiger partial charge in [-0.05, 0) is 24.6 Å². The summed E-state index contributed by atoms with van der Waals surface area (Å²) in [6.45, 7) is 0.195. The van der Waals surface area contributed by atoms with Gasteiger partial charge in [-0.25, -0.2) is 13.8 Å². The average molecular weight is 342 g/mol. The summed E-state index contributed by atoms with van der Waals surface area (Å²) in [6, 6.07) is 2.75. The van der Waals surface area contributed by atoms with Gasteiger partial charge >= 0.3 is 6.01 Å². The number of aromatic nitrogens is 2. The van der Waals surface area contributed by atoms with Crippen LogP contribution in [0.5, 0.6) is 6.01 Å². The molecule has 5 nitrogen and oxygen atoms in total. The van der Waals surface area contributed by atoms with E-state index < -0.39 is 23.8 Å². The minimum Gasteiger partial charge on any atom is -0.467 e. The van der Waals surface area contributed by atoms with Crippen molar-refractivity contribution in [2.24, 2.45) is 0 Å². The topological polar surface area (TPSA) is 58.5 Å². The number of β-amino-alcohol motifs (C(OH)–C–C–N with tert-alkyl or cyclic N) is 1. The number of hydrogen-bond donors (Lipinski definition) is 1. The number of methoxy groups -OCH3 is 1. The molecule has 1 fully saturated rings. The predicted octanol–water partition coefficient (Wildman–Crippen LogP) is 2.73. The summed E-state index contributed by atoms with van der Waals surface area (Å²) in [5.74, 6) is -0.787. The van der Waals surface area contributed by atoms with Crippen LogP contribution in [0.15, 0.2) is 24.4 Å². The van der Waals surface area contributed by atoms with Gasteiger partial charge in [-0.2, -0.15) is 4.98 Å². The van der Waals surface area contributed by atoms with E-state index in [9.17, 15) is 13.9 Å². The third-order valence-electron chi connectivity index (χ3n) is 3.75. The van der Waals surface area contributed by atoms with Crippen LogP contribution in [0, 0.1) is 11.6 Å². The first-order valence-corrected chi connectivity index (χ1v) is 7.33. The molecular formula is C15H14ClF2N3O2. The zero-order chi connectivity index (χ0) is 16.6. The first kappa shape index (κ1) is 15.9. The van der Waals surface area contributed by atoms with Gasteiger partial charge < -0.3 is 14.7 Å². The number of aliphatic hydroxyl groups excluding tert-OH is 1. The fraction of sp³-hybridized carbons (Fsp3) is 0.333. The molecule has 0 radical (unpaired) electrons. The second-order valence-corrected chi connectivity index (χ2v) is 5.66. The second kappa shape index (κ2) is 6.25. The van der Waals surface area contributed by atoms with Gasteiger partial charge in [0.1, 0.15) is 16.7 Å². The van der Waals surface area contributed by atoms with E-state index in [0.717, 1.165) is 18.2 Å². The maximum absolute atomic E-state index is 14.1. The minimum atomic E-state index is -0.709. The fourth-order valence-corrected chi connectivity index (χ4v) is 2.95. The summed E-state index contributed by atoms with van der Waals surface area (Å²) in [4.78, 5) is 9.69. The van der Waals surface area contributed by atoms with Crippen molar-refractivity contribution in [1.29, 1.82) is 0 Å². The van der Waals surface area contributed by atoms with Crippen LogP contribution in [0.3, 0.4) is 0 Å². The molecule has 1 saturated heterocycles. The molecule has 0 aliphatic carbocycles. The Bertz CT molecular complexity index is 732. The van der Waals surface area contributed by atoms with Crippen LogP contribution >= 0.6 is 11.6 Å².